The first-order valence-electron chi connectivity index (χ1n) is 10.9. The number of aliphatic carboxylic acids is 1. The van der Waals surface area contributed by atoms with E-state index in [0.717, 1.165) is 16.7 Å². The van der Waals surface area contributed by atoms with Gasteiger partial charge in [-0.05, 0) is 50.8 Å². The van der Waals surface area contributed by atoms with E-state index < -0.39 is 36.3 Å². The van der Waals surface area contributed by atoms with Crippen molar-refractivity contribution in [3.63, 3.8) is 0 Å². The van der Waals surface area contributed by atoms with Gasteiger partial charge in [-0.15, -0.1) is 0 Å². The first-order chi connectivity index (χ1) is 16.1. The predicted molar refractivity (Wildman–Crippen MR) is 120 cm³/mol. The number of hydrogen-bond acceptors (Lipinski definition) is 6. The Morgan fingerprint density at radius 1 is 1.35 bits per heavy atom. The van der Waals surface area contributed by atoms with E-state index >= 15 is 0 Å². The molecule has 2 unspecified atom stereocenters. The van der Waals surface area contributed by atoms with Gasteiger partial charge in [0, 0.05) is 29.2 Å². The summed E-state index contributed by atoms with van der Waals surface area (Å²) in [6, 6.07) is 1.72. The van der Waals surface area contributed by atoms with Crippen molar-refractivity contribution in [1.82, 2.24) is 5.32 Å². The molecule has 0 bridgehead atoms. The quantitative estimate of drug-likeness (QED) is 0.382. The second-order valence-corrected chi connectivity index (χ2v) is 8.30. The van der Waals surface area contributed by atoms with Gasteiger partial charge < -0.3 is 19.9 Å². The van der Waals surface area contributed by atoms with Crippen molar-refractivity contribution in [1.29, 1.82) is 0 Å². The molecule has 1 aromatic carbocycles. The van der Waals surface area contributed by atoms with Crippen LogP contribution in [0.4, 0.5) is 8.78 Å². The van der Waals surface area contributed by atoms with E-state index in [1.165, 1.54) is 19.3 Å². The summed E-state index contributed by atoms with van der Waals surface area (Å²) in [5.74, 6) is -2.76. The van der Waals surface area contributed by atoms with Crippen LogP contribution in [-0.2, 0) is 20.7 Å². The topological polar surface area (TPSA) is 102 Å². The first-order valence-corrected chi connectivity index (χ1v) is 10.9. The Balaban J connectivity index is 1.80. The SMILES string of the molecule is COc1c(C/C=C(\C)CCC(=O)O)cc2c(c1C)C(NC1=CCC(C(=O)C(F)F)C=C1)OC2=O. The summed E-state index contributed by atoms with van der Waals surface area (Å²) in [4.78, 5) is 34.9. The third kappa shape index (κ3) is 5.52. The third-order valence-corrected chi connectivity index (χ3v) is 5.94. The van der Waals surface area contributed by atoms with E-state index in [0.29, 0.717) is 35.4 Å². The number of rotatable bonds is 10. The lowest BCUT2D eigenvalue weighted by Crippen LogP contribution is -2.25. The van der Waals surface area contributed by atoms with Crippen LogP contribution in [0.3, 0.4) is 0 Å². The summed E-state index contributed by atoms with van der Waals surface area (Å²) in [5, 5.41) is 11.9. The maximum atomic E-state index is 12.6. The number of esters is 1. The van der Waals surface area contributed by atoms with Gasteiger partial charge >= 0.3 is 11.9 Å². The summed E-state index contributed by atoms with van der Waals surface area (Å²) in [6.07, 6.45) is 3.75. The fraction of sp³-hybridized carbons (Fsp3) is 0.400. The van der Waals surface area contributed by atoms with E-state index in [4.69, 9.17) is 14.6 Å². The van der Waals surface area contributed by atoms with E-state index in [1.54, 1.807) is 12.1 Å². The molecular formula is C25H27F2NO6. The molecule has 0 amide bonds. The number of ether oxygens (including phenoxy) is 2. The molecule has 0 fully saturated rings. The summed E-state index contributed by atoms with van der Waals surface area (Å²) in [5.41, 5.74) is 4.00. The molecule has 0 saturated carbocycles. The number of allylic oxidation sites excluding steroid dienone is 5. The number of halogens is 2. The lowest BCUT2D eigenvalue weighted by Gasteiger charge is -2.21. The largest absolute Gasteiger partial charge is 0.496 e. The lowest BCUT2D eigenvalue weighted by atomic mass is 9.94. The highest BCUT2D eigenvalue weighted by molar-refractivity contribution is 5.95. The molecule has 0 radical (unpaired) electrons. The molecule has 3 rings (SSSR count). The number of carboxylic acid groups (broad SMARTS) is 1. The second kappa shape index (κ2) is 10.6. The molecule has 0 saturated heterocycles. The number of carboxylic acids is 1. The van der Waals surface area contributed by atoms with E-state index in [2.05, 4.69) is 5.32 Å². The minimum atomic E-state index is -3.01. The average Bonchev–Trinajstić information content (AvgIpc) is 3.11. The number of nitrogens with one attached hydrogen (secondary N) is 1. The molecule has 0 aromatic heterocycles. The number of hydrogen-bond donors (Lipinski definition) is 2. The molecule has 0 spiro atoms. The van der Waals surface area contributed by atoms with Crippen LogP contribution in [0.15, 0.2) is 41.6 Å². The number of alkyl halides is 2. The predicted octanol–water partition coefficient (Wildman–Crippen LogP) is 4.41. The van der Waals surface area contributed by atoms with Crippen molar-refractivity contribution in [3.05, 3.63) is 63.9 Å². The Kier molecular flexibility index (Phi) is 7.86. The fourth-order valence-electron chi connectivity index (χ4n) is 4.10. The number of cyclic esters (lactones) is 1. The maximum Gasteiger partial charge on any atom is 0.340 e. The van der Waals surface area contributed by atoms with Crippen LogP contribution in [0, 0.1) is 12.8 Å². The normalized spacial score (nSPS) is 19.5. The van der Waals surface area contributed by atoms with Gasteiger partial charge in [-0.25, -0.2) is 13.6 Å². The zero-order chi connectivity index (χ0) is 25.0. The second-order valence-electron chi connectivity index (χ2n) is 8.30. The van der Waals surface area contributed by atoms with Gasteiger partial charge in [-0.3, -0.25) is 9.59 Å². The average molecular weight is 475 g/mol. The van der Waals surface area contributed by atoms with Gasteiger partial charge in [0.05, 0.1) is 12.7 Å². The maximum absolute atomic E-state index is 12.6. The third-order valence-electron chi connectivity index (χ3n) is 5.94. The Morgan fingerprint density at radius 2 is 2.09 bits per heavy atom. The number of fused-ring (bicyclic) bond motifs is 1. The van der Waals surface area contributed by atoms with Crippen LogP contribution in [0.25, 0.3) is 0 Å². The summed E-state index contributed by atoms with van der Waals surface area (Å²) in [7, 11) is 1.53. The van der Waals surface area contributed by atoms with Crippen LogP contribution in [0.1, 0.15) is 59.5 Å². The van der Waals surface area contributed by atoms with Crippen molar-refractivity contribution in [2.24, 2.45) is 5.92 Å². The van der Waals surface area contributed by atoms with Crippen LogP contribution in [0.5, 0.6) is 5.75 Å². The summed E-state index contributed by atoms with van der Waals surface area (Å²) >= 11 is 0. The van der Waals surface area contributed by atoms with Crippen molar-refractivity contribution < 1.29 is 37.7 Å². The van der Waals surface area contributed by atoms with Crippen molar-refractivity contribution >= 4 is 17.7 Å². The minimum Gasteiger partial charge on any atom is -0.496 e. The monoisotopic (exact) mass is 475 g/mol. The smallest absolute Gasteiger partial charge is 0.340 e. The van der Waals surface area contributed by atoms with Gasteiger partial charge in [0.15, 0.2) is 0 Å². The molecule has 2 atom stereocenters. The molecule has 34 heavy (non-hydrogen) atoms. The van der Waals surface area contributed by atoms with Crippen LogP contribution < -0.4 is 10.1 Å². The zero-order valence-corrected chi connectivity index (χ0v) is 19.2. The van der Waals surface area contributed by atoms with Gasteiger partial charge in [-0.2, -0.15) is 0 Å². The summed E-state index contributed by atoms with van der Waals surface area (Å²) in [6.45, 7) is 3.68. The Hall–Kier alpha value is -3.49. The number of ketones is 1. The van der Waals surface area contributed by atoms with Gasteiger partial charge in [-0.1, -0.05) is 23.8 Å². The van der Waals surface area contributed by atoms with Crippen LogP contribution in [-0.4, -0.2) is 36.4 Å². The molecule has 2 aliphatic rings. The Morgan fingerprint density at radius 3 is 2.68 bits per heavy atom. The Bertz CT molecular complexity index is 1090. The van der Waals surface area contributed by atoms with Crippen molar-refractivity contribution in [2.45, 2.75) is 52.2 Å². The number of benzene rings is 1. The minimum absolute atomic E-state index is 0.0453. The van der Waals surface area contributed by atoms with Crippen LogP contribution >= 0.6 is 0 Å². The molecule has 1 aliphatic carbocycles. The molecule has 182 valence electrons. The number of Topliss-reactive ketones (excluding diaryl/α,β-unsaturated/α-hetero) is 1. The van der Waals surface area contributed by atoms with Crippen molar-refractivity contribution in [3.8, 4) is 5.75 Å². The molecule has 1 aliphatic heterocycles. The molecule has 2 N–H and O–H groups in total. The molecular weight excluding hydrogens is 448 g/mol. The van der Waals surface area contributed by atoms with E-state index in [1.807, 2.05) is 19.9 Å². The fourth-order valence-corrected chi connectivity index (χ4v) is 4.10. The highest BCUT2D eigenvalue weighted by Crippen LogP contribution is 2.39. The zero-order valence-electron chi connectivity index (χ0n) is 19.2. The van der Waals surface area contributed by atoms with E-state index in [-0.39, 0.29) is 12.8 Å². The highest BCUT2D eigenvalue weighted by atomic mass is 19.3. The van der Waals surface area contributed by atoms with Gasteiger partial charge in [0.25, 0.3) is 6.43 Å². The van der Waals surface area contributed by atoms with Gasteiger partial charge in [0.2, 0.25) is 12.0 Å². The van der Waals surface area contributed by atoms with Gasteiger partial charge in [0.1, 0.15) is 5.75 Å². The highest BCUT2D eigenvalue weighted by Gasteiger charge is 2.35. The Labute approximate surface area is 196 Å². The molecule has 7 nitrogen and oxygen atoms in total. The van der Waals surface area contributed by atoms with Crippen LogP contribution in [0.2, 0.25) is 0 Å². The number of carbonyl (C=O) groups is 3. The van der Waals surface area contributed by atoms with Crippen molar-refractivity contribution in [2.75, 3.05) is 7.11 Å². The standard InChI is InChI=1S/C25H27F2NO6/c1-13(5-11-19(29)30)4-6-16-12-18-20(14(2)22(16)33-3)24(34-25(18)32)28-17-9-7-15(8-10-17)21(31)23(26)27/h4,7,9-10,12,15,23-24,28H,5-6,8,11H2,1-3H3,(H,29,30)/b13-4+. The first kappa shape index (κ1) is 25.1. The molecule has 1 heterocycles. The molecule has 1 aromatic rings. The molecule has 9 heteroatoms. The number of methoxy groups -OCH3 is 1. The number of carbonyl (C=O) groups excluding carboxylic acids is 2. The summed E-state index contributed by atoms with van der Waals surface area (Å²) < 4.78 is 36.4. The van der Waals surface area contributed by atoms with E-state index in [9.17, 15) is 23.2 Å². The lowest BCUT2D eigenvalue weighted by molar-refractivity contribution is -0.137.